The van der Waals surface area contributed by atoms with E-state index in [1.54, 1.807) is 12.1 Å². The van der Waals surface area contributed by atoms with E-state index < -0.39 is 13.2 Å². The molecule has 0 N–H and O–H groups in total. The maximum Gasteiger partial charge on any atom is 0.362 e. The predicted octanol–water partition coefficient (Wildman–Crippen LogP) is 5.03. The van der Waals surface area contributed by atoms with Crippen LogP contribution in [0.1, 0.15) is 13.8 Å². The van der Waals surface area contributed by atoms with Gasteiger partial charge in [0.05, 0.1) is 15.5 Å². The first-order chi connectivity index (χ1) is 15.0. The molecule has 7 nitrogen and oxygen atoms in total. The SMILES string of the molecule is CCN(CC)c1ccc2c(P(=O)(OC)OC)c(-c3nc4ccccc4s3)c(=O)oc2c1. The molecule has 2 aromatic carbocycles. The fourth-order valence-corrected chi connectivity index (χ4v) is 6.21. The number of rotatable bonds is 7. The molecule has 4 aromatic rings. The monoisotopic (exact) mass is 458 g/mol. The Morgan fingerprint density at radius 2 is 1.81 bits per heavy atom. The fraction of sp³-hybridized carbons (Fsp3) is 0.273. The van der Waals surface area contributed by atoms with Crippen LogP contribution in [0.2, 0.25) is 0 Å². The molecular formula is C22H23N2O5PS. The second-order valence-corrected chi connectivity index (χ2v) is 10.0. The van der Waals surface area contributed by atoms with Gasteiger partial charge in [-0.15, -0.1) is 11.3 Å². The van der Waals surface area contributed by atoms with Crippen molar-refractivity contribution in [2.24, 2.45) is 0 Å². The lowest BCUT2D eigenvalue weighted by Gasteiger charge is -2.22. The minimum absolute atomic E-state index is 0.108. The highest BCUT2D eigenvalue weighted by Gasteiger charge is 2.35. The van der Waals surface area contributed by atoms with Gasteiger partial charge in [0, 0.05) is 44.4 Å². The van der Waals surface area contributed by atoms with Gasteiger partial charge in [0.25, 0.3) is 0 Å². The topological polar surface area (TPSA) is 81.9 Å². The third-order valence-corrected chi connectivity index (χ3v) is 8.28. The smallest absolute Gasteiger partial charge is 0.362 e. The van der Waals surface area contributed by atoms with Crippen LogP contribution in [0, 0.1) is 0 Å². The molecule has 31 heavy (non-hydrogen) atoms. The van der Waals surface area contributed by atoms with Crippen molar-refractivity contribution < 1.29 is 18.0 Å². The summed E-state index contributed by atoms with van der Waals surface area (Å²) in [6.45, 7) is 5.71. The number of hydrogen-bond donors (Lipinski definition) is 0. The zero-order valence-electron chi connectivity index (χ0n) is 17.7. The van der Waals surface area contributed by atoms with E-state index in [0.29, 0.717) is 16.0 Å². The van der Waals surface area contributed by atoms with Crippen LogP contribution in [0.25, 0.3) is 31.8 Å². The van der Waals surface area contributed by atoms with Gasteiger partial charge in [0.1, 0.15) is 16.2 Å². The summed E-state index contributed by atoms with van der Waals surface area (Å²) < 4.78 is 30.8. The molecule has 0 bridgehead atoms. The maximum absolute atomic E-state index is 13.6. The second kappa shape index (κ2) is 8.55. The maximum atomic E-state index is 13.6. The van der Waals surface area contributed by atoms with Crippen molar-refractivity contribution in [1.82, 2.24) is 4.98 Å². The summed E-state index contributed by atoms with van der Waals surface area (Å²) in [5, 5.41) is 1.08. The Labute approximate surface area is 183 Å². The van der Waals surface area contributed by atoms with E-state index in [1.165, 1.54) is 25.6 Å². The molecule has 0 saturated heterocycles. The second-order valence-electron chi connectivity index (χ2n) is 6.82. The molecule has 0 amide bonds. The van der Waals surface area contributed by atoms with Crippen LogP contribution in [-0.4, -0.2) is 32.3 Å². The van der Waals surface area contributed by atoms with E-state index in [9.17, 15) is 9.36 Å². The van der Waals surface area contributed by atoms with Crippen molar-refractivity contribution in [3.8, 4) is 10.6 Å². The van der Waals surface area contributed by atoms with Crippen molar-refractivity contribution in [3.63, 3.8) is 0 Å². The van der Waals surface area contributed by atoms with Crippen molar-refractivity contribution >= 4 is 51.1 Å². The van der Waals surface area contributed by atoms with Crippen molar-refractivity contribution in [2.75, 3.05) is 32.2 Å². The van der Waals surface area contributed by atoms with Gasteiger partial charge in [-0.2, -0.15) is 0 Å². The van der Waals surface area contributed by atoms with E-state index in [0.717, 1.165) is 29.0 Å². The van der Waals surface area contributed by atoms with Gasteiger partial charge in [-0.1, -0.05) is 12.1 Å². The third-order valence-electron chi connectivity index (χ3n) is 5.25. The first-order valence-electron chi connectivity index (χ1n) is 9.89. The Kier molecular flexibility index (Phi) is 5.99. The van der Waals surface area contributed by atoms with Gasteiger partial charge in [-0.05, 0) is 38.1 Å². The molecule has 0 saturated carbocycles. The van der Waals surface area contributed by atoms with Gasteiger partial charge in [0.15, 0.2) is 0 Å². The molecule has 2 aromatic heterocycles. The third kappa shape index (κ3) is 3.70. The number of hydrogen-bond acceptors (Lipinski definition) is 8. The summed E-state index contributed by atoms with van der Waals surface area (Å²) in [5.74, 6) is 0. The molecule has 162 valence electrons. The van der Waals surface area contributed by atoms with E-state index >= 15 is 0 Å². The first-order valence-corrected chi connectivity index (χ1v) is 12.3. The molecule has 2 heterocycles. The molecule has 9 heteroatoms. The van der Waals surface area contributed by atoms with Crippen LogP contribution >= 0.6 is 18.9 Å². The number of thiazole rings is 1. The van der Waals surface area contributed by atoms with Crippen LogP contribution in [0.5, 0.6) is 0 Å². The standard InChI is InChI=1S/C22H23N2O5PS/c1-5-24(6-2)14-11-12-15-17(13-14)29-22(25)19(20(15)30(26,27-3)28-4)21-23-16-9-7-8-10-18(16)31-21/h7-13H,5-6H2,1-4H3. The minimum atomic E-state index is -3.81. The lowest BCUT2D eigenvalue weighted by molar-refractivity contribution is 0.287. The molecule has 0 aliphatic rings. The average Bonchev–Trinajstić information content (AvgIpc) is 3.22. The normalized spacial score (nSPS) is 12.0. The quantitative estimate of drug-likeness (QED) is 0.284. The Hall–Kier alpha value is -2.51. The van der Waals surface area contributed by atoms with E-state index in [1.807, 2.05) is 30.3 Å². The van der Waals surface area contributed by atoms with E-state index in [-0.39, 0.29) is 10.9 Å². The Morgan fingerprint density at radius 3 is 2.45 bits per heavy atom. The lowest BCUT2D eigenvalue weighted by Crippen LogP contribution is -2.23. The Balaban J connectivity index is 2.08. The fourth-order valence-electron chi connectivity index (χ4n) is 3.67. The molecule has 4 rings (SSSR count). The van der Waals surface area contributed by atoms with Gasteiger partial charge in [0.2, 0.25) is 0 Å². The van der Waals surface area contributed by atoms with Crippen LogP contribution in [0.3, 0.4) is 0 Å². The van der Waals surface area contributed by atoms with Gasteiger partial charge in [-0.25, -0.2) is 9.78 Å². The summed E-state index contributed by atoms with van der Waals surface area (Å²) in [7, 11) is -1.21. The van der Waals surface area contributed by atoms with Gasteiger partial charge >= 0.3 is 13.2 Å². The number of aromatic nitrogens is 1. The highest BCUT2D eigenvalue weighted by atomic mass is 32.1. The zero-order chi connectivity index (χ0) is 22.2. The van der Waals surface area contributed by atoms with Crippen molar-refractivity contribution in [2.45, 2.75) is 13.8 Å². The van der Waals surface area contributed by atoms with Gasteiger partial charge in [-0.3, -0.25) is 4.57 Å². The molecule has 0 spiro atoms. The lowest BCUT2D eigenvalue weighted by atomic mass is 10.1. The Bertz CT molecular complexity index is 1320. The molecule has 0 atom stereocenters. The molecule has 0 unspecified atom stereocenters. The number of benzene rings is 2. The van der Waals surface area contributed by atoms with Crippen LogP contribution in [-0.2, 0) is 13.6 Å². The summed E-state index contributed by atoms with van der Waals surface area (Å²) in [5.41, 5.74) is 1.45. The van der Waals surface area contributed by atoms with Crippen molar-refractivity contribution in [1.29, 1.82) is 0 Å². The van der Waals surface area contributed by atoms with E-state index in [4.69, 9.17) is 13.5 Å². The van der Waals surface area contributed by atoms with Crippen LogP contribution in [0.15, 0.2) is 51.7 Å². The highest BCUT2D eigenvalue weighted by molar-refractivity contribution is 7.63. The number of para-hydroxylation sites is 1. The highest BCUT2D eigenvalue weighted by Crippen LogP contribution is 2.49. The van der Waals surface area contributed by atoms with Crippen LogP contribution < -0.4 is 15.8 Å². The Morgan fingerprint density at radius 1 is 1.10 bits per heavy atom. The largest absolute Gasteiger partial charge is 0.422 e. The summed E-state index contributed by atoms with van der Waals surface area (Å²) in [4.78, 5) is 19.9. The summed E-state index contributed by atoms with van der Waals surface area (Å²) in [6.07, 6.45) is 0. The molecule has 0 radical (unpaired) electrons. The molecule has 0 aliphatic carbocycles. The number of nitrogens with zero attached hydrogens (tertiary/aromatic N) is 2. The zero-order valence-corrected chi connectivity index (χ0v) is 19.5. The van der Waals surface area contributed by atoms with Crippen molar-refractivity contribution in [3.05, 3.63) is 52.9 Å². The summed E-state index contributed by atoms with van der Waals surface area (Å²) >= 11 is 1.33. The van der Waals surface area contributed by atoms with Crippen LogP contribution in [0.4, 0.5) is 5.69 Å². The molecule has 0 aliphatic heterocycles. The molecule has 0 fully saturated rings. The summed E-state index contributed by atoms with van der Waals surface area (Å²) in [6, 6.07) is 13.0. The predicted molar refractivity (Wildman–Crippen MR) is 126 cm³/mol. The molecular weight excluding hydrogens is 435 g/mol. The minimum Gasteiger partial charge on any atom is -0.422 e. The van der Waals surface area contributed by atoms with E-state index in [2.05, 4.69) is 23.7 Å². The average molecular weight is 458 g/mol. The van der Waals surface area contributed by atoms with Gasteiger partial charge < -0.3 is 18.4 Å². The number of fused-ring (bicyclic) bond motifs is 2. The number of anilines is 1. The first kappa shape index (κ1) is 21.7.